The minimum atomic E-state index is -4.44. The molecular formula is C31H38F3N7O3S. The van der Waals surface area contributed by atoms with E-state index in [0.717, 1.165) is 64.1 Å². The van der Waals surface area contributed by atoms with E-state index < -0.39 is 22.6 Å². The topological polar surface area (TPSA) is 103 Å². The van der Waals surface area contributed by atoms with Crippen molar-refractivity contribution < 1.29 is 26.4 Å². The van der Waals surface area contributed by atoms with Crippen LogP contribution in [0.2, 0.25) is 0 Å². The first-order valence-electron chi connectivity index (χ1n) is 14.9. The second-order valence-electron chi connectivity index (χ2n) is 11.7. The molecule has 1 amide bonds. The summed E-state index contributed by atoms with van der Waals surface area (Å²) in [6.45, 7) is 4.17. The lowest BCUT2D eigenvalue weighted by Crippen LogP contribution is -2.51. The number of anilines is 2. The Morgan fingerprint density at radius 1 is 1.07 bits per heavy atom. The molecule has 2 aliphatic heterocycles. The second kappa shape index (κ2) is 13.7. The normalized spacial score (nSPS) is 17.2. The fraction of sp³-hybridized carbons (Fsp3) is 0.484. The predicted molar refractivity (Wildman–Crippen MR) is 168 cm³/mol. The number of fused-ring (bicyclic) bond motifs is 1. The van der Waals surface area contributed by atoms with Gasteiger partial charge < -0.3 is 25.0 Å². The van der Waals surface area contributed by atoms with E-state index in [4.69, 9.17) is 0 Å². The van der Waals surface area contributed by atoms with Crippen molar-refractivity contribution >= 4 is 38.0 Å². The van der Waals surface area contributed by atoms with Gasteiger partial charge in [0.05, 0.1) is 36.2 Å². The van der Waals surface area contributed by atoms with Gasteiger partial charge in [0.25, 0.3) is 0 Å². The third-order valence-corrected chi connectivity index (χ3v) is 9.16. The van der Waals surface area contributed by atoms with Crippen molar-refractivity contribution in [3.8, 4) is 11.8 Å². The molecule has 0 radical (unpaired) electrons. The number of hydrogen-bond acceptors (Lipinski definition) is 8. The number of sulfone groups is 1. The summed E-state index contributed by atoms with van der Waals surface area (Å²) in [5, 5.41) is 7.14. The zero-order valence-corrected chi connectivity index (χ0v) is 26.2. The number of carbonyl (C=O) groups excluding carboxylic acids is 1. The maximum atomic E-state index is 13.6. The molecule has 4 heterocycles. The van der Waals surface area contributed by atoms with Crippen molar-refractivity contribution in [2.24, 2.45) is 0 Å². The predicted octanol–water partition coefficient (Wildman–Crippen LogP) is 3.12. The van der Waals surface area contributed by atoms with Crippen LogP contribution in [0.4, 0.5) is 24.5 Å². The molecule has 0 spiro atoms. The van der Waals surface area contributed by atoms with Gasteiger partial charge >= 0.3 is 6.18 Å². The van der Waals surface area contributed by atoms with Gasteiger partial charge in [-0.2, -0.15) is 13.2 Å². The molecule has 0 atom stereocenters. The van der Waals surface area contributed by atoms with Crippen molar-refractivity contribution in [1.29, 1.82) is 0 Å². The standard InChI is InChI=1S/C31H38F3N7O3S/c1-38-15-17-40(18-16-38)30(42)21-39-13-10-23(11-14-39)37-27-6-3-7-28-26(27)19-25(41(28)22-31(32,33)34)5-4-12-35-24-8-9-29(36-20-24)45(2,43)44/h3,6-9,19-20,23,35,37H,10-18,21-22H2,1-2H3. The highest BCUT2D eigenvalue weighted by Crippen LogP contribution is 2.31. The number of piperidine rings is 1. The highest BCUT2D eigenvalue weighted by atomic mass is 32.2. The van der Waals surface area contributed by atoms with E-state index in [0.29, 0.717) is 23.1 Å². The fourth-order valence-electron chi connectivity index (χ4n) is 5.65. The molecule has 0 saturated carbocycles. The molecule has 1 aromatic carbocycles. The average Bonchev–Trinajstić information content (AvgIpc) is 3.33. The van der Waals surface area contributed by atoms with Gasteiger partial charge in [-0.05, 0) is 56.1 Å². The monoisotopic (exact) mass is 645 g/mol. The molecule has 45 heavy (non-hydrogen) atoms. The lowest BCUT2D eigenvalue weighted by molar-refractivity contribution is -0.140. The summed E-state index contributed by atoms with van der Waals surface area (Å²) >= 11 is 0. The van der Waals surface area contributed by atoms with Gasteiger partial charge in [-0.25, -0.2) is 13.4 Å². The van der Waals surface area contributed by atoms with Gasteiger partial charge in [0, 0.05) is 62.6 Å². The Kier molecular flexibility index (Phi) is 9.91. The number of likely N-dealkylation sites (N-methyl/N-ethyl adjacent to an activating group) is 1. The Hall–Kier alpha value is -3.80. The van der Waals surface area contributed by atoms with Crippen LogP contribution in [0.15, 0.2) is 47.6 Å². The fourth-order valence-corrected chi connectivity index (χ4v) is 6.21. The quantitative estimate of drug-likeness (QED) is 0.361. The highest BCUT2D eigenvalue weighted by molar-refractivity contribution is 7.90. The number of halogens is 3. The maximum absolute atomic E-state index is 13.6. The first kappa shape index (κ1) is 32.6. The van der Waals surface area contributed by atoms with Crippen LogP contribution in [-0.4, -0.2) is 116 Å². The van der Waals surface area contributed by atoms with Crippen molar-refractivity contribution in [3.63, 3.8) is 0 Å². The number of piperazine rings is 1. The van der Waals surface area contributed by atoms with Crippen LogP contribution in [0.5, 0.6) is 0 Å². The van der Waals surface area contributed by atoms with Crippen LogP contribution in [-0.2, 0) is 21.2 Å². The number of rotatable bonds is 8. The van der Waals surface area contributed by atoms with Gasteiger partial charge in [-0.15, -0.1) is 0 Å². The molecule has 14 heteroatoms. The minimum absolute atomic E-state index is 0.0536. The molecule has 0 bridgehead atoms. The number of pyridine rings is 1. The molecule has 5 rings (SSSR count). The Morgan fingerprint density at radius 3 is 2.44 bits per heavy atom. The number of carbonyl (C=O) groups is 1. The summed E-state index contributed by atoms with van der Waals surface area (Å²) in [4.78, 5) is 23.0. The first-order valence-corrected chi connectivity index (χ1v) is 16.8. The maximum Gasteiger partial charge on any atom is 0.406 e. The van der Waals surface area contributed by atoms with Crippen LogP contribution in [0.3, 0.4) is 0 Å². The van der Waals surface area contributed by atoms with Crippen LogP contribution < -0.4 is 10.6 Å². The summed E-state index contributed by atoms with van der Waals surface area (Å²) in [5.74, 6) is 5.91. The van der Waals surface area contributed by atoms with Crippen molar-refractivity contribution in [2.45, 2.75) is 36.6 Å². The second-order valence-corrected chi connectivity index (χ2v) is 13.6. The van der Waals surface area contributed by atoms with Crippen LogP contribution in [0, 0.1) is 11.8 Å². The third kappa shape index (κ3) is 8.68. The molecule has 3 aromatic rings. The van der Waals surface area contributed by atoms with Crippen LogP contribution in [0.1, 0.15) is 18.5 Å². The first-order chi connectivity index (χ1) is 21.4. The third-order valence-electron chi connectivity index (χ3n) is 8.16. The lowest BCUT2D eigenvalue weighted by atomic mass is 10.0. The average molecular weight is 646 g/mol. The summed E-state index contributed by atoms with van der Waals surface area (Å²) in [5.41, 5.74) is 1.96. The van der Waals surface area contributed by atoms with E-state index in [1.165, 1.54) is 16.8 Å². The minimum Gasteiger partial charge on any atom is -0.382 e. The van der Waals surface area contributed by atoms with Gasteiger partial charge in [-0.1, -0.05) is 12.0 Å². The number of benzene rings is 1. The van der Waals surface area contributed by atoms with E-state index in [1.54, 1.807) is 24.3 Å². The highest BCUT2D eigenvalue weighted by Gasteiger charge is 2.30. The Morgan fingerprint density at radius 2 is 1.80 bits per heavy atom. The number of aromatic nitrogens is 2. The molecule has 2 fully saturated rings. The van der Waals surface area contributed by atoms with Crippen molar-refractivity contribution in [2.75, 3.05) is 76.3 Å². The van der Waals surface area contributed by atoms with Gasteiger partial charge in [0.1, 0.15) is 6.54 Å². The molecule has 2 N–H and O–H groups in total. The lowest BCUT2D eigenvalue weighted by Gasteiger charge is -2.36. The van der Waals surface area contributed by atoms with Gasteiger partial charge in [-0.3, -0.25) is 9.69 Å². The molecule has 0 aliphatic carbocycles. The smallest absolute Gasteiger partial charge is 0.382 e. The molecular weight excluding hydrogens is 607 g/mol. The summed E-state index contributed by atoms with van der Waals surface area (Å²) in [6, 6.07) is 10.0. The summed E-state index contributed by atoms with van der Waals surface area (Å²) in [6.07, 6.45) is -0.377. The molecule has 10 nitrogen and oxygen atoms in total. The zero-order chi connectivity index (χ0) is 32.2. The van der Waals surface area contributed by atoms with E-state index in [1.807, 2.05) is 11.0 Å². The molecule has 0 unspecified atom stereocenters. The van der Waals surface area contributed by atoms with E-state index in [9.17, 15) is 26.4 Å². The zero-order valence-electron chi connectivity index (χ0n) is 25.4. The largest absolute Gasteiger partial charge is 0.406 e. The molecule has 2 aliphatic rings. The summed E-state index contributed by atoms with van der Waals surface area (Å²) in [7, 11) is -1.36. The molecule has 242 valence electrons. The number of alkyl halides is 3. The van der Waals surface area contributed by atoms with E-state index in [-0.39, 0.29) is 29.2 Å². The number of likely N-dealkylation sites (tertiary alicyclic amines) is 1. The summed E-state index contributed by atoms with van der Waals surface area (Å²) < 4.78 is 65.2. The number of hydrogen-bond donors (Lipinski definition) is 2. The number of amides is 1. The van der Waals surface area contributed by atoms with Crippen LogP contribution >= 0.6 is 0 Å². The van der Waals surface area contributed by atoms with Crippen molar-refractivity contribution in [1.82, 2.24) is 24.3 Å². The van der Waals surface area contributed by atoms with E-state index >= 15 is 0 Å². The van der Waals surface area contributed by atoms with Crippen molar-refractivity contribution in [3.05, 3.63) is 48.3 Å². The Bertz CT molecular complexity index is 1660. The SMILES string of the molecule is CN1CCN(C(=O)CN2CCC(Nc3cccc4c3cc(C#CCNc3ccc(S(C)(=O)=O)nc3)n4CC(F)(F)F)CC2)CC1. The molecule has 2 saturated heterocycles. The van der Waals surface area contributed by atoms with Gasteiger partial charge in [0.15, 0.2) is 14.9 Å². The van der Waals surface area contributed by atoms with Gasteiger partial charge in [0.2, 0.25) is 5.91 Å². The number of nitrogens with zero attached hydrogens (tertiary/aromatic N) is 5. The number of nitrogens with one attached hydrogen (secondary N) is 2. The van der Waals surface area contributed by atoms with E-state index in [2.05, 4.69) is 44.3 Å². The Balaban J connectivity index is 1.24. The van der Waals surface area contributed by atoms with Crippen LogP contribution in [0.25, 0.3) is 10.9 Å². The molecule has 2 aromatic heterocycles. The Labute approximate surface area is 261 Å².